The Morgan fingerprint density at radius 1 is 1.00 bits per heavy atom. The van der Waals surface area contributed by atoms with E-state index in [1.165, 1.54) is 0 Å². The maximum absolute atomic E-state index is 13.2. The fourth-order valence-corrected chi connectivity index (χ4v) is 3.47. The molecule has 0 radical (unpaired) electrons. The van der Waals surface area contributed by atoms with Crippen LogP contribution in [0.3, 0.4) is 0 Å². The molecule has 0 aromatic heterocycles. The summed E-state index contributed by atoms with van der Waals surface area (Å²) in [6.45, 7) is 7.74. The molecule has 142 valence electrons. The summed E-state index contributed by atoms with van der Waals surface area (Å²) in [6, 6.07) is 15.5. The number of amides is 1. The second-order valence-electron chi connectivity index (χ2n) is 8.17. The molecule has 0 bridgehead atoms. The van der Waals surface area contributed by atoms with Crippen LogP contribution < -0.4 is 9.47 Å². The van der Waals surface area contributed by atoms with Crippen LogP contribution in [-0.4, -0.2) is 36.8 Å². The lowest BCUT2D eigenvalue weighted by molar-refractivity contribution is -0.119. The van der Waals surface area contributed by atoms with Gasteiger partial charge in [-0.3, -0.25) is 4.79 Å². The zero-order valence-corrected chi connectivity index (χ0v) is 16.0. The van der Waals surface area contributed by atoms with Crippen molar-refractivity contribution < 1.29 is 19.0 Å². The molecule has 0 N–H and O–H groups in total. The van der Waals surface area contributed by atoms with E-state index in [2.05, 4.69) is 32.9 Å². The number of morpholine rings is 1. The number of carbonyl (C=O) groups is 1. The SMILES string of the molecule is CC(C)(C)[C@H]1CN(C(=O)c2ccc3c(c2)OCO3)C[C@@H](c2ccccc2)O1. The zero-order valence-electron chi connectivity index (χ0n) is 16.0. The van der Waals surface area contributed by atoms with Gasteiger partial charge in [0, 0.05) is 12.1 Å². The lowest BCUT2D eigenvalue weighted by atomic mass is 9.87. The first-order chi connectivity index (χ1) is 12.9. The minimum absolute atomic E-state index is 0.00761. The van der Waals surface area contributed by atoms with Gasteiger partial charge in [0.25, 0.3) is 5.91 Å². The van der Waals surface area contributed by atoms with E-state index >= 15 is 0 Å². The fraction of sp³-hybridized carbons (Fsp3) is 0.409. The highest BCUT2D eigenvalue weighted by atomic mass is 16.7. The maximum atomic E-state index is 13.2. The second-order valence-corrected chi connectivity index (χ2v) is 8.17. The third kappa shape index (κ3) is 3.65. The Labute approximate surface area is 159 Å². The van der Waals surface area contributed by atoms with Gasteiger partial charge in [0.05, 0.1) is 12.6 Å². The van der Waals surface area contributed by atoms with Crippen molar-refractivity contribution >= 4 is 5.91 Å². The van der Waals surface area contributed by atoms with Gasteiger partial charge in [0.1, 0.15) is 6.10 Å². The number of fused-ring (bicyclic) bond motifs is 1. The van der Waals surface area contributed by atoms with Gasteiger partial charge in [0.15, 0.2) is 11.5 Å². The summed E-state index contributed by atoms with van der Waals surface area (Å²) < 4.78 is 17.2. The maximum Gasteiger partial charge on any atom is 0.254 e. The number of nitrogens with zero attached hydrogens (tertiary/aromatic N) is 1. The van der Waals surface area contributed by atoms with E-state index in [0.29, 0.717) is 30.2 Å². The van der Waals surface area contributed by atoms with E-state index in [1.807, 2.05) is 23.1 Å². The Morgan fingerprint density at radius 3 is 2.48 bits per heavy atom. The van der Waals surface area contributed by atoms with Crippen LogP contribution in [-0.2, 0) is 4.74 Å². The molecule has 2 aliphatic heterocycles. The van der Waals surface area contributed by atoms with Crippen molar-refractivity contribution in [3.8, 4) is 11.5 Å². The molecule has 2 atom stereocenters. The van der Waals surface area contributed by atoms with Crippen LogP contribution in [0.2, 0.25) is 0 Å². The Hall–Kier alpha value is -2.53. The Morgan fingerprint density at radius 2 is 1.74 bits per heavy atom. The fourth-order valence-electron chi connectivity index (χ4n) is 3.47. The van der Waals surface area contributed by atoms with Gasteiger partial charge < -0.3 is 19.1 Å². The van der Waals surface area contributed by atoms with Crippen LogP contribution in [0.1, 0.15) is 42.8 Å². The first kappa shape index (κ1) is 17.9. The molecule has 5 nitrogen and oxygen atoms in total. The smallest absolute Gasteiger partial charge is 0.254 e. The topological polar surface area (TPSA) is 48.0 Å². The van der Waals surface area contributed by atoms with Gasteiger partial charge in [-0.25, -0.2) is 0 Å². The lowest BCUT2D eigenvalue weighted by Crippen LogP contribution is -2.51. The minimum Gasteiger partial charge on any atom is -0.454 e. The van der Waals surface area contributed by atoms with E-state index in [9.17, 15) is 4.79 Å². The van der Waals surface area contributed by atoms with Crippen molar-refractivity contribution in [2.24, 2.45) is 5.41 Å². The van der Waals surface area contributed by atoms with Crippen LogP contribution in [0.5, 0.6) is 11.5 Å². The molecule has 1 fully saturated rings. The summed E-state index contributed by atoms with van der Waals surface area (Å²) in [7, 11) is 0. The van der Waals surface area contributed by atoms with E-state index in [0.717, 1.165) is 5.56 Å². The first-order valence-electron chi connectivity index (χ1n) is 9.31. The lowest BCUT2D eigenvalue weighted by Gasteiger charge is -2.43. The van der Waals surface area contributed by atoms with E-state index in [4.69, 9.17) is 14.2 Å². The highest BCUT2D eigenvalue weighted by Gasteiger charge is 2.37. The Bertz CT molecular complexity index is 828. The molecule has 1 amide bonds. The van der Waals surface area contributed by atoms with Crippen molar-refractivity contribution in [1.82, 2.24) is 4.90 Å². The average Bonchev–Trinajstić information content (AvgIpc) is 3.15. The summed E-state index contributed by atoms with van der Waals surface area (Å²) in [6.07, 6.45) is -0.184. The van der Waals surface area contributed by atoms with E-state index < -0.39 is 0 Å². The van der Waals surface area contributed by atoms with Crippen molar-refractivity contribution in [3.05, 3.63) is 59.7 Å². The van der Waals surface area contributed by atoms with Gasteiger partial charge in [-0.2, -0.15) is 0 Å². The molecule has 0 spiro atoms. The van der Waals surface area contributed by atoms with Gasteiger partial charge in [-0.05, 0) is 29.2 Å². The van der Waals surface area contributed by atoms with Crippen LogP contribution in [0.25, 0.3) is 0 Å². The summed E-state index contributed by atoms with van der Waals surface area (Å²) in [5, 5.41) is 0. The Balaban J connectivity index is 1.61. The third-order valence-corrected chi connectivity index (χ3v) is 5.14. The van der Waals surface area contributed by atoms with Crippen molar-refractivity contribution in [2.75, 3.05) is 19.9 Å². The van der Waals surface area contributed by atoms with Gasteiger partial charge in [0.2, 0.25) is 6.79 Å². The summed E-state index contributed by atoms with van der Waals surface area (Å²) in [5.41, 5.74) is 1.64. The summed E-state index contributed by atoms with van der Waals surface area (Å²) in [4.78, 5) is 15.1. The third-order valence-electron chi connectivity index (χ3n) is 5.14. The number of hydrogen-bond acceptors (Lipinski definition) is 4. The zero-order chi connectivity index (χ0) is 19.0. The number of rotatable bonds is 2. The molecule has 0 unspecified atom stereocenters. The number of ether oxygens (including phenoxy) is 3. The minimum atomic E-state index is -0.137. The molecule has 2 aromatic carbocycles. The molecular formula is C22H25NO4. The summed E-state index contributed by atoms with van der Waals surface area (Å²) >= 11 is 0. The molecule has 2 heterocycles. The van der Waals surface area contributed by atoms with E-state index in [-0.39, 0.29) is 30.3 Å². The largest absolute Gasteiger partial charge is 0.454 e. The van der Waals surface area contributed by atoms with E-state index in [1.54, 1.807) is 18.2 Å². The van der Waals surface area contributed by atoms with Crippen LogP contribution in [0, 0.1) is 5.41 Å². The standard InChI is InChI=1S/C22H25NO4/c1-22(2,3)20-13-23(12-19(27-20)15-7-5-4-6-8-15)21(24)16-9-10-17-18(11-16)26-14-25-17/h4-11,19-20H,12-14H2,1-3H3/t19-,20+/m0/s1. The van der Waals surface area contributed by atoms with Crippen LogP contribution >= 0.6 is 0 Å². The van der Waals surface area contributed by atoms with Crippen LogP contribution in [0.15, 0.2) is 48.5 Å². The highest BCUT2D eigenvalue weighted by Crippen LogP contribution is 2.36. The molecule has 27 heavy (non-hydrogen) atoms. The quantitative estimate of drug-likeness (QED) is 0.804. The van der Waals surface area contributed by atoms with Gasteiger partial charge in [-0.15, -0.1) is 0 Å². The molecule has 2 aliphatic rings. The molecule has 2 aromatic rings. The Kier molecular flexibility index (Phi) is 4.56. The first-order valence-corrected chi connectivity index (χ1v) is 9.31. The molecule has 4 rings (SSSR count). The number of carbonyl (C=O) groups excluding carboxylic acids is 1. The molecule has 0 aliphatic carbocycles. The number of hydrogen-bond donors (Lipinski definition) is 0. The van der Waals surface area contributed by atoms with Gasteiger partial charge >= 0.3 is 0 Å². The second kappa shape index (κ2) is 6.89. The monoisotopic (exact) mass is 367 g/mol. The van der Waals surface area contributed by atoms with Crippen molar-refractivity contribution in [3.63, 3.8) is 0 Å². The summed E-state index contributed by atoms with van der Waals surface area (Å²) in [5.74, 6) is 1.30. The normalized spacial score (nSPS) is 22.0. The average molecular weight is 367 g/mol. The van der Waals surface area contributed by atoms with Gasteiger partial charge in [-0.1, -0.05) is 51.1 Å². The molecule has 0 saturated carbocycles. The van der Waals surface area contributed by atoms with Crippen molar-refractivity contribution in [2.45, 2.75) is 33.0 Å². The predicted molar refractivity (Wildman–Crippen MR) is 102 cm³/mol. The molecular weight excluding hydrogens is 342 g/mol. The molecule has 5 heteroatoms. The molecule has 1 saturated heterocycles. The van der Waals surface area contributed by atoms with Crippen LogP contribution in [0.4, 0.5) is 0 Å². The number of benzene rings is 2. The van der Waals surface area contributed by atoms with Crippen molar-refractivity contribution in [1.29, 1.82) is 0 Å². The predicted octanol–water partition coefficient (Wildman–Crippen LogP) is 4.04. The highest BCUT2D eigenvalue weighted by molar-refractivity contribution is 5.95.